The van der Waals surface area contributed by atoms with E-state index in [1.807, 2.05) is 84.1 Å². The van der Waals surface area contributed by atoms with Crippen LogP contribution in [0.2, 0.25) is 0 Å². The first-order valence-corrected chi connectivity index (χ1v) is 19.8. The van der Waals surface area contributed by atoms with E-state index in [1.165, 1.54) is 53.2 Å². The van der Waals surface area contributed by atoms with Crippen molar-refractivity contribution in [2.45, 2.75) is 0 Å². The van der Waals surface area contributed by atoms with Gasteiger partial charge < -0.3 is 8.98 Å². The number of para-hydroxylation sites is 2. The summed E-state index contributed by atoms with van der Waals surface area (Å²) in [6.45, 7) is 0. The van der Waals surface area contributed by atoms with Crippen molar-refractivity contribution < 1.29 is 4.42 Å². The molecule has 8 aromatic carbocycles. The predicted molar refractivity (Wildman–Crippen MR) is 236 cm³/mol. The van der Waals surface area contributed by atoms with Gasteiger partial charge in [-0.1, -0.05) is 146 Å². The number of hydrogen-bond donors (Lipinski definition) is 0. The Bertz CT molecular complexity index is 3420. The molecule has 0 aliphatic rings. The van der Waals surface area contributed by atoms with Crippen LogP contribution < -0.4 is 0 Å². The van der Waals surface area contributed by atoms with Crippen molar-refractivity contribution in [1.29, 1.82) is 0 Å². The molecular weight excluding hydrogens is 717 g/mol. The third-order valence-corrected chi connectivity index (χ3v) is 12.4. The van der Waals surface area contributed by atoms with E-state index in [2.05, 4.69) is 114 Å². The Balaban J connectivity index is 1.02. The quantitative estimate of drug-likeness (QED) is 0.176. The van der Waals surface area contributed by atoms with E-state index in [0.29, 0.717) is 17.5 Å². The first kappa shape index (κ1) is 31.9. The van der Waals surface area contributed by atoms with Crippen LogP contribution >= 0.6 is 11.3 Å². The summed E-state index contributed by atoms with van der Waals surface area (Å²) < 4.78 is 11.6. The molecule has 12 aromatic rings. The summed E-state index contributed by atoms with van der Waals surface area (Å²) in [5.74, 6) is 1.86. The van der Waals surface area contributed by atoms with Gasteiger partial charge in [0.2, 0.25) is 0 Å². The van der Waals surface area contributed by atoms with Gasteiger partial charge in [-0.2, -0.15) is 0 Å². The molecule has 4 heterocycles. The number of nitrogens with zero attached hydrogens (tertiary/aromatic N) is 4. The molecule has 266 valence electrons. The number of furan rings is 1. The van der Waals surface area contributed by atoms with Crippen molar-refractivity contribution in [3.63, 3.8) is 0 Å². The van der Waals surface area contributed by atoms with E-state index < -0.39 is 0 Å². The van der Waals surface area contributed by atoms with Gasteiger partial charge in [-0.15, -0.1) is 11.3 Å². The van der Waals surface area contributed by atoms with Crippen molar-refractivity contribution in [1.82, 2.24) is 19.5 Å². The van der Waals surface area contributed by atoms with Crippen molar-refractivity contribution in [2.75, 3.05) is 0 Å². The Hall–Kier alpha value is -7.41. The molecule has 0 radical (unpaired) electrons. The summed E-state index contributed by atoms with van der Waals surface area (Å²) in [5.41, 5.74) is 10.3. The fourth-order valence-electron chi connectivity index (χ4n) is 8.50. The molecule has 0 unspecified atom stereocenters. The van der Waals surface area contributed by atoms with Crippen LogP contribution in [0.5, 0.6) is 0 Å². The van der Waals surface area contributed by atoms with Crippen LogP contribution in [0.4, 0.5) is 0 Å². The summed E-state index contributed by atoms with van der Waals surface area (Å²) >= 11 is 1.86. The first-order chi connectivity index (χ1) is 28.3. The Morgan fingerprint density at radius 2 is 0.947 bits per heavy atom. The van der Waals surface area contributed by atoms with E-state index in [9.17, 15) is 0 Å². The minimum Gasteiger partial charge on any atom is -0.456 e. The number of fused-ring (bicyclic) bond motifs is 9. The van der Waals surface area contributed by atoms with Crippen LogP contribution in [0.1, 0.15) is 0 Å². The number of benzene rings is 8. The predicted octanol–water partition coefficient (Wildman–Crippen LogP) is 13.9. The average molecular weight is 747 g/mol. The third-order valence-electron chi connectivity index (χ3n) is 11.1. The van der Waals surface area contributed by atoms with Crippen molar-refractivity contribution in [2.24, 2.45) is 0 Å². The molecule has 0 bridgehead atoms. The molecule has 6 heteroatoms. The number of rotatable bonds is 5. The van der Waals surface area contributed by atoms with Gasteiger partial charge in [0, 0.05) is 53.7 Å². The normalized spacial score (nSPS) is 11.9. The van der Waals surface area contributed by atoms with Gasteiger partial charge in [0.15, 0.2) is 17.5 Å². The third kappa shape index (κ3) is 4.98. The van der Waals surface area contributed by atoms with Crippen LogP contribution in [0, 0.1) is 0 Å². The lowest BCUT2D eigenvalue weighted by atomic mass is 10.00. The maximum absolute atomic E-state index is 6.66. The lowest BCUT2D eigenvalue weighted by Gasteiger charge is -2.09. The standard InChI is InChI=1S/C51H30N4OS/c1-3-14-31(15-4-1)49-52-50(32-16-5-2-6-17-32)54-51(53-49)40-23-13-27-44-46(40)39-29-28-33(30-45(39)56-44)34-20-11-21-37-38-22-12-26-43(48(38)57-47(34)37)55-41-24-9-7-18-35(41)36-19-8-10-25-42(36)55/h1-30H. The number of aromatic nitrogens is 4. The maximum atomic E-state index is 6.66. The van der Waals surface area contributed by atoms with Crippen LogP contribution in [-0.4, -0.2) is 19.5 Å². The zero-order valence-corrected chi connectivity index (χ0v) is 31.2. The van der Waals surface area contributed by atoms with Crippen LogP contribution in [-0.2, 0) is 0 Å². The van der Waals surface area contributed by atoms with Gasteiger partial charge in [-0.3, -0.25) is 0 Å². The van der Waals surface area contributed by atoms with E-state index >= 15 is 0 Å². The molecule has 0 saturated carbocycles. The molecule has 0 aliphatic heterocycles. The Labute approximate surface area is 330 Å². The summed E-state index contributed by atoms with van der Waals surface area (Å²) in [6, 6.07) is 63.7. The smallest absolute Gasteiger partial charge is 0.164 e. The van der Waals surface area contributed by atoms with Gasteiger partial charge in [-0.05, 0) is 47.5 Å². The monoisotopic (exact) mass is 746 g/mol. The average Bonchev–Trinajstić information content (AvgIpc) is 3.96. The maximum Gasteiger partial charge on any atom is 0.164 e. The zero-order chi connectivity index (χ0) is 37.5. The molecule has 0 aliphatic carbocycles. The lowest BCUT2D eigenvalue weighted by molar-refractivity contribution is 0.669. The van der Waals surface area contributed by atoms with Gasteiger partial charge in [-0.25, -0.2) is 15.0 Å². The highest BCUT2D eigenvalue weighted by Crippen LogP contribution is 2.45. The Morgan fingerprint density at radius 1 is 0.386 bits per heavy atom. The van der Waals surface area contributed by atoms with Gasteiger partial charge in [0.25, 0.3) is 0 Å². The van der Waals surface area contributed by atoms with Gasteiger partial charge >= 0.3 is 0 Å². The Morgan fingerprint density at radius 3 is 1.65 bits per heavy atom. The largest absolute Gasteiger partial charge is 0.456 e. The molecule has 4 aromatic heterocycles. The minimum atomic E-state index is 0.606. The van der Waals surface area contributed by atoms with E-state index in [0.717, 1.165) is 44.2 Å². The number of thiophene rings is 1. The zero-order valence-electron chi connectivity index (χ0n) is 30.4. The van der Waals surface area contributed by atoms with Gasteiger partial charge in [0.05, 0.1) is 21.4 Å². The molecule has 5 nitrogen and oxygen atoms in total. The molecule has 0 fully saturated rings. The first-order valence-electron chi connectivity index (χ1n) is 19.0. The van der Waals surface area contributed by atoms with Crippen molar-refractivity contribution in [3.8, 4) is 51.0 Å². The topological polar surface area (TPSA) is 56.7 Å². The summed E-state index contributed by atoms with van der Waals surface area (Å²) in [5, 5.41) is 7.03. The molecule has 57 heavy (non-hydrogen) atoms. The second-order valence-electron chi connectivity index (χ2n) is 14.3. The highest BCUT2D eigenvalue weighted by Gasteiger charge is 2.21. The summed E-state index contributed by atoms with van der Waals surface area (Å²) in [4.78, 5) is 15.0. The molecular formula is C51H30N4OS. The van der Waals surface area contributed by atoms with Crippen LogP contribution in [0.15, 0.2) is 186 Å². The van der Waals surface area contributed by atoms with E-state index in [-0.39, 0.29) is 0 Å². The molecule has 0 N–H and O–H groups in total. The Kier molecular flexibility index (Phi) is 7.03. The molecule has 12 rings (SSSR count). The van der Waals surface area contributed by atoms with E-state index in [4.69, 9.17) is 19.4 Å². The SMILES string of the molecule is c1ccc(-c2nc(-c3ccccc3)nc(-c3cccc4oc5cc(-c6cccc7c6sc6c(-n8c9ccccc9c9ccccc98)cccc67)ccc5c34)n2)cc1. The molecule has 0 atom stereocenters. The second kappa shape index (κ2) is 12.6. The highest BCUT2D eigenvalue weighted by molar-refractivity contribution is 7.26. The van der Waals surface area contributed by atoms with Crippen LogP contribution in [0.25, 0.3) is 115 Å². The van der Waals surface area contributed by atoms with E-state index in [1.54, 1.807) is 0 Å². The summed E-state index contributed by atoms with van der Waals surface area (Å²) in [6.07, 6.45) is 0. The van der Waals surface area contributed by atoms with Crippen molar-refractivity contribution >= 4 is 75.3 Å². The lowest BCUT2D eigenvalue weighted by Crippen LogP contribution is -2.00. The highest BCUT2D eigenvalue weighted by atomic mass is 32.1. The molecule has 0 amide bonds. The fraction of sp³-hybridized carbons (Fsp3) is 0. The number of hydrogen-bond acceptors (Lipinski definition) is 5. The minimum absolute atomic E-state index is 0.606. The summed E-state index contributed by atoms with van der Waals surface area (Å²) in [7, 11) is 0. The second-order valence-corrected chi connectivity index (χ2v) is 15.4. The fourth-order valence-corrected chi connectivity index (χ4v) is 9.84. The molecule has 0 saturated heterocycles. The van der Waals surface area contributed by atoms with Crippen LogP contribution in [0.3, 0.4) is 0 Å². The van der Waals surface area contributed by atoms with Crippen molar-refractivity contribution in [3.05, 3.63) is 182 Å². The van der Waals surface area contributed by atoms with Gasteiger partial charge in [0.1, 0.15) is 11.2 Å². The molecule has 0 spiro atoms.